The van der Waals surface area contributed by atoms with E-state index in [0.29, 0.717) is 16.8 Å². The summed E-state index contributed by atoms with van der Waals surface area (Å²) in [6, 6.07) is 50.7. The predicted octanol–water partition coefficient (Wildman–Crippen LogP) is 9.93. The molecule has 2 aromatic heterocycles. The molecule has 0 spiro atoms. The Hall–Kier alpha value is -6.36. The summed E-state index contributed by atoms with van der Waals surface area (Å²) in [7, 11) is 0. The Balaban J connectivity index is 1.46. The van der Waals surface area contributed by atoms with Gasteiger partial charge in [0.1, 0.15) is 17.7 Å². The molecule has 0 N–H and O–H groups in total. The molecule has 202 valence electrons. The summed E-state index contributed by atoms with van der Waals surface area (Å²) in [5.74, 6) is 0. The van der Waals surface area contributed by atoms with Gasteiger partial charge in [0.25, 0.3) is 0 Å². The van der Waals surface area contributed by atoms with E-state index < -0.39 is 0 Å². The molecule has 2 heterocycles. The van der Waals surface area contributed by atoms with Crippen molar-refractivity contribution in [1.82, 2.24) is 9.13 Å². The van der Waals surface area contributed by atoms with E-state index in [2.05, 4.69) is 118 Å². The van der Waals surface area contributed by atoms with Gasteiger partial charge in [-0.2, -0.15) is 10.5 Å². The van der Waals surface area contributed by atoms with E-state index in [1.165, 1.54) is 10.8 Å². The summed E-state index contributed by atoms with van der Waals surface area (Å²) in [4.78, 5) is 0. The number of nitrogens with zero attached hydrogens (tertiary/aromatic N) is 4. The fourth-order valence-electron chi connectivity index (χ4n) is 7.18. The summed E-state index contributed by atoms with van der Waals surface area (Å²) in [5, 5.41) is 30.5. The van der Waals surface area contributed by atoms with Gasteiger partial charge in [0, 0.05) is 21.5 Å². The Bertz CT molecular complexity index is 2740. The van der Waals surface area contributed by atoms with Gasteiger partial charge in [-0.05, 0) is 57.9 Å². The molecule has 9 aromatic rings. The molecule has 4 nitrogen and oxygen atoms in total. The number of aromatic nitrogens is 2. The minimum absolute atomic E-state index is 0.451. The van der Waals surface area contributed by atoms with Gasteiger partial charge in [-0.1, -0.05) is 97.1 Å². The highest BCUT2D eigenvalue weighted by Gasteiger charge is 2.24. The van der Waals surface area contributed by atoms with Crippen molar-refractivity contribution in [3.05, 3.63) is 145 Å². The van der Waals surface area contributed by atoms with Crippen molar-refractivity contribution in [1.29, 1.82) is 10.5 Å². The largest absolute Gasteiger partial charge is 0.308 e. The van der Waals surface area contributed by atoms with Crippen LogP contribution >= 0.6 is 0 Å². The van der Waals surface area contributed by atoms with Crippen molar-refractivity contribution in [2.24, 2.45) is 0 Å². The molecule has 0 atom stereocenters. The first-order chi connectivity index (χ1) is 21.8. The Labute approximate surface area is 252 Å². The van der Waals surface area contributed by atoms with Gasteiger partial charge in [0.15, 0.2) is 0 Å². The second-order valence-corrected chi connectivity index (χ2v) is 11.1. The number of hydrogen-bond acceptors (Lipinski definition) is 2. The average Bonchev–Trinajstić information content (AvgIpc) is 3.61. The first kappa shape index (κ1) is 24.3. The van der Waals surface area contributed by atoms with Crippen molar-refractivity contribution in [2.75, 3.05) is 0 Å². The smallest absolute Gasteiger partial charge is 0.104 e. The molecule has 0 aliphatic heterocycles. The first-order valence-corrected chi connectivity index (χ1v) is 14.6. The highest BCUT2D eigenvalue weighted by atomic mass is 15.0. The topological polar surface area (TPSA) is 57.4 Å². The number of benzene rings is 7. The predicted molar refractivity (Wildman–Crippen MR) is 180 cm³/mol. The quantitative estimate of drug-likeness (QED) is 0.212. The molecule has 0 fully saturated rings. The van der Waals surface area contributed by atoms with Crippen LogP contribution < -0.4 is 0 Å². The maximum absolute atomic E-state index is 11.0. The third-order valence-corrected chi connectivity index (χ3v) is 8.98. The number of para-hydroxylation sites is 2. The summed E-state index contributed by atoms with van der Waals surface area (Å²) in [5.41, 5.74) is 6.20. The lowest BCUT2D eigenvalue weighted by Crippen LogP contribution is -2.06. The molecule has 0 saturated heterocycles. The molecule has 44 heavy (non-hydrogen) atoms. The monoisotopic (exact) mass is 558 g/mol. The highest BCUT2D eigenvalue weighted by molar-refractivity contribution is 6.22. The van der Waals surface area contributed by atoms with Crippen molar-refractivity contribution in [2.45, 2.75) is 0 Å². The molecule has 0 saturated carbocycles. The van der Waals surface area contributed by atoms with Crippen molar-refractivity contribution in [3.8, 4) is 23.5 Å². The standard InChI is InChI=1S/C40H22N4/c41-23-27-19-20-35(43-33-15-7-5-13-30(33)38-28-11-3-1-9-25(28)17-21-36(38)43)32(24-42)40(27)44-34-16-8-6-14-31(34)39-29-12-4-2-10-26(29)18-22-37(39)44/h1-22H. The van der Waals surface area contributed by atoms with Gasteiger partial charge < -0.3 is 9.13 Å². The molecular formula is C40H22N4. The van der Waals surface area contributed by atoms with Crippen LogP contribution in [0.3, 0.4) is 0 Å². The highest BCUT2D eigenvalue weighted by Crippen LogP contribution is 2.42. The van der Waals surface area contributed by atoms with Crippen LogP contribution in [0.2, 0.25) is 0 Å². The first-order valence-electron chi connectivity index (χ1n) is 14.6. The van der Waals surface area contributed by atoms with E-state index in [1.54, 1.807) is 0 Å². The zero-order valence-electron chi connectivity index (χ0n) is 23.5. The van der Waals surface area contributed by atoms with E-state index >= 15 is 0 Å². The third kappa shape index (κ3) is 3.14. The van der Waals surface area contributed by atoms with Crippen LogP contribution in [-0.4, -0.2) is 9.13 Å². The Kier molecular flexibility index (Phi) is 5.00. The Morgan fingerprint density at radius 3 is 1.48 bits per heavy atom. The molecule has 9 rings (SSSR count). The van der Waals surface area contributed by atoms with E-state index in [4.69, 9.17) is 0 Å². The fraction of sp³-hybridized carbons (Fsp3) is 0. The molecule has 7 aromatic carbocycles. The van der Waals surface area contributed by atoms with E-state index in [0.717, 1.165) is 60.1 Å². The molecule has 0 aliphatic carbocycles. The van der Waals surface area contributed by atoms with Crippen LogP contribution in [0, 0.1) is 22.7 Å². The van der Waals surface area contributed by atoms with Crippen LogP contribution in [0.15, 0.2) is 133 Å². The van der Waals surface area contributed by atoms with Gasteiger partial charge in [-0.15, -0.1) is 0 Å². The van der Waals surface area contributed by atoms with Gasteiger partial charge in [0.2, 0.25) is 0 Å². The molecule has 0 amide bonds. The number of fused-ring (bicyclic) bond motifs is 10. The van der Waals surface area contributed by atoms with Gasteiger partial charge in [-0.25, -0.2) is 0 Å². The number of rotatable bonds is 2. The summed E-state index contributed by atoms with van der Waals surface area (Å²) >= 11 is 0. The van der Waals surface area contributed by atoms with Crippen LogP contribution in [-0.2, 0) is 0 Å². The lowest BCUT2D eigenvalue weighted by molar-refractivity contribution is 1.11. The molecule has 0 unspecified atom stereocenters. The molecule has 4 heteroatoms. The van der Waals surface area contributed by atoms with Crippen molar-refractivity contribution in [3.63, 3.8) is 0 Å². The minimum atomic E-state index is 0.451. The second-order valence-electron chi connectivity index (χ2n) is 11.1. The van der Waals surface area contributed by atoms with Gasteiger partial charge in [0.05, 0.1) is 39.0 Å². The third-order valence-electron chi connectivity index (χ3n) is 8.98. The maximum Gasteiger partial charge on any atom is 0.104 e. The van der Waals surface area contributed by atoms with E-state index in [9.17, 15) is 10.5 Å². The van der Waals surface area contributed by atoms with Crippen molar-refractivity contribution < 1.29 is 0 Å². The summed E-state index contributed by atoms with van der Waals surface area (Å²) in [6.45, 7) is 0. The SMILES string of the molecule is N#Cc1ccc(-n2c3ccccc3c3c4ccccc4ccc32)c(C#N)c1-n1c2ccccc2c2c3ccccc3ccc21. The normalized spacial score (nSPS) is 11.6. The lowest BCUT2D eigenvalue weighted by atomic mass is 10.0. The van der Waals surface area contributed by atoms with Crippen LogP contribution in [0.1, 0.15) is 11.1 Å². The minimum Gasteiger partial charge on any atom is -0.308 e. The Morgan fingerprint density at radius 2 is 0.909 bits per heavy atom. The van der Waals surface area contributed by atoms with Gasteiger partial charge in [-0.3, -0.25) is 0 Å². The van der Waals surface area contributed by atoms with Crippen LogP contribution in [0.4, 0.5) is 0 Å². The van der Waals surface area contributed by atoms with Crippen molar-refractivity contribution >= 4 is 65.2 Å². The van der Waals surface area contributed by atoms with E-state index in [1.807, 2.05) is 36.4 Å². The fourth-order valence-corrected chi connectivity index (χ4v) is 7.18. The molecule has 0 radical (unpaired) electrons. The molecule has 0 bridgehead atoms. The van der Waals surface area contributed by atoms with E-state index in [-0.39, 0.29) is 0 Å². The van der Waals surface area contributed by atoms with Crippen LogP contribution in [0.25, 0.3) is 76.5 Å². The molecule has 0 aliphatic rings. The molecular weight excluding hydrogens is 536 g/mol. The lowest BCUT2D eigenvalue weighted by Gasteiger charge is -2.17. The second kappa shape index (κ2) is 9.07. The maximum atomic E-state index is 11.0. The summed E-state index contributed by atoms with van der Waals surface area (Å²) < 4.78 is 4.30. The van der Waals surface area contributed by atoms with Gasteiger partial charge >= 0.3 is 0 Å². The van der Waals surface area contributed by atoms with Crippen LogP contribution in [0.5, 0.6) is 0 Å². The summed E-state index contributed by atoms with van der Waals surface area (Å²) in [6.07, 6.45) is 0. The number of nitriles is 2. The Morgan fingerprint density at radius 1 is 0.409 bits per heavy atom. The zero-order valence-corrected chi connectivity index (χ0v) is 23.5. The average molecular weight is 559 g/mol. The number of hydrogen-bond donors (Lipinski definition) is 0. The zero-order chi connectivity index (χ0) is 29.4.